The van der Waals surface area contributed by atoms with Crippen LogP contribution in [0.15, 0.2) is 18.2 Å². The lowest BCUT2D eigenvalue weighted by molar-refractivity contribution is 0.0946. The van der Waals surface area contributed by atoms with Crippen LogP contribution in [0.5, 0.6) is 0 Å². The monoisotopic (exact) mass is 359 g/mol. The molecule has 1 saturated carbocycles. The molecule has 6 heteroatoms. The van der Waals surface area contributed by atoms with Crippen LogP contribution in [0.25, 0.3) is 5.69 Å². The third-order valence-electron chi connectivity index (χ3n) is 5.61. The number of amides is 1. The summed E-state index contributed by atoms with van der Waals surface area (Å²) in [6.45, 7) is 2.73. The second-order valence-electron chi connectivity index (χ2n) is 7.32. The molecule has 0 radical (unpaired) electrons. The highest BCUT2D eigenvalue weighted by atomic mass is 19.1. The zero-order valence-corrected chi connectivity index (χ0v) is 14.9. The predicted octanol–water partition coefficient (Wildman–Crippen LogP) is 4.44. The number of hydrogen-bond donors (Lipinski definition) is 1. The van der Waals surface area contributed by atoms with Crippen molar-refractivity contribution in [1.29, 1.82) is 0 Å². The van der Waals surface area contributed by atoms with Crippen molar-refractivity contribution in [2.45, 2.75) is 57.3 Å². The smallest absolute Gasteiger partial charge is 0.272 e. The molecule has 1 aromatic carbocycles. The first-order chi connectivity index (χ1) is 12.6. The standard InChI is InChI=1S/C20H23F2N3O/c1-2-3-4-9-23-20(26)18-17-12-5-6-13(10-12)19(17)25(24-18)16-8-7-14(21)11-15(16)22/h7-8,11-13H,2-6,9-10H2,1H3,(H,23,26). The normalized spacial score (nSPS) is 20.4. The molecule has 1 N–H and O–H groups in total. The van der Waals surface area contributed by atoms with Crippen LogP contribution in [0, 0.1) is 11.6 Å². The van der Waals surface area contributed by atoms with E-state index in [1.807, 2.05) is 0 Å². The maximum Gasteiger partial charge on any atom is 0.272 e. The number of unbranched alkanes of at least 4 members (excludes halogenated alkanes) is 2. The molecular formula is C20H23F2N3O. The summed E-state index contributed by atoms with van der Waals surface area (Å²) in [5.74, 6) is -0.846. The summed E-state index contributed by atoms with van der Waals surface area (Å²) in [5.41, 5.74) is 2.52. The Morgan fingerprint density at radius 2 is 2.08 bits per heavy atom. The number of nitrogens with zero attached hydrogens (tertiary/aromatic N) is 2. The van der Waals surface area contributed by atoms with Crippen molar-refractivity contribution in [2.24, 2.45) is 0 Å². The van der Waals surface area contributed by atoms with Crippen molar-refractivity contribution in [2.75, 3.05) is 6.54 Å². The molecule has 0 spiro atoms. The Labute approximate surface area is 151 Å². The first kappa shape index (κ1) is 17.2. The van der Waals surface area contributed by atoms with Gasteiger partial charge in [-0.25, -0.2) is 13.5 Å². The minimum atomic E-state index is -0.659. The minimum Gasteiger partial charge on any atom is -0.351 e. The average Bonchev–Trinajstić information content (AvgIpc) is 3.31. The van der Waals surface area contributed by atoms with Gasteiger partial charge in [-0.2, -0.15) is 5.10 Å². The number of carbonyl (C=O) groups excluding carboxylic acids is 1. The zero-order chi connectivity index (χ0) is 18.3. The fraction of sp³-hybridized carbons (Fsp3) is 0.500. The third-order valence-corrected chi connectivity index (χ3v) is 5.61. The van der Waals surface area contributed by atoms with Crippen molar-refractivity contribution >= 4 is 5.91 Å². The first-order valence-electron chi connectivity index (χ1n) is 9.46. The number of halogens is 2. The van der Waals surface area contributed by atoms with Crippen LogP contribution in [-0.2, 0) is 0 Å². The molecule has 1 aromatic heterocycles. The van der Waals surface area contributed by atoms with Crippen molar-refractivity contribution in [3.63, 3.8) is 0 Å². The highest BCUT2D eigenvalue weighted by molar-refractivity contribution is 5.94. The Bertz CT molecular complexity index is 846. The van der Waals surface area contributed by atoms with E-state index in [-0.39, 0.29) is 11.6 Å². The number of rotatable bonds is 6. The fourth-order valence-electron chi connectivity index (χ4n) is 4.40. The van der Waals surface area contributed by atoms with Crippen LogP contribution < -0.4 is 5.32 Å². The summed E-state index contributed by atoms with van der Waals surface area (Å²) in [6.07, 6.45) is 6.16. The number of benzene rings is 1. The van der Waals surface area contributed by atoms with Gasteiger partial charge in [-0.3, -0.25) is 4.79 Å². The molecule has 1 fully saturated rings. The molecule has 2 aliphatic carbocycles. The van der Waals surface area contributed by atoms with Gasteiger partial charge in [0.05, 0.1) is 5.69 Å². The van der Waals surface area contributed by atoms with Crippen molar-refractivity contribution in [3.05, 3.63) is 46.8 Å². The fourth-order valence-corrected chi connectivity index (χ4v) is 4.40. The highest BCUT2D eigenvalue weighted by Gasteiger charge is 2.44. The molecule has 0 saturated heterocycles. The van der Waals surface area contributed by atoms with Crippen LogP contribution in [-0.4, -0.2) is 22.2 Å². The van der Waals surface area contributed by atoms with Gasteiger partial charge in [0.2, 0.25) is 0 Å². The van der Waals surface area contributed by atoms with Gasteiger partial charge in [-0.05, 0) is 43.7 Å². The molecule has 2 aromatic rings. The second kappa shape index (κ2) is 6.82. The van der Waals surface area contributed by atoms with Gasteiger partial charge in [0.25, 0.3) is 5.91 Å². The molecule has 4 rings (SSSR count). The molecule has 0 aliphatic heterocycles. The molecule has 138 valence electrons. The van der Waals surface area contributed by atoms with E-state index in [1.54, 1.807) is 0 Å². The second-order valence-corrected chi connectivity index (χ2v) is 7.32. The lowest BCUT2D eigenvalue weighted by Crippen LogP contribution is -2.26. The number of carbonyl (C=O) groups is 1. The van der Waals surface area contributed by atoms with E-state index in [1.165, 1.54) is 16.8 Å². The molecule has 2 atom stereocenters. The van der Waals surface area contributed by atoms with E-state index in [0.717, 1.165) is 55.8 Å². The molecule has 2 unspecified atom stereocenters. The maximum atomic E-state index is 14.3. The third kappa shape index (κ3) is 2.81. The van der Waals surface area contributed by atoms with Gasteiger partial charge >= 0.3 is 0 Å². The lowest BCUT2D eigenvalue weighted by Gasteiger charge is -2.14. The number of fused-ring (bicyclic) bond motifs is 5. The topological polar surface area (TPSA) is 46.9 Å². The Morgan fingerprint density at radius 1 is 1.27 bits per heavy atom. The van der Waals surface area contributed by atoms with Crippen LogP contribution in [0.4, 0.5) is 8.78 Å². The number of nitrogens with one attached hydrogen (secondary N) is 1. The van der Waals surface area contributed by atoms with Crippen LogP contribution in [0.1, 0.15) is 79.0 Å². The Kier molecular flexibility index (Phi) is 4.51. The van der Waals surface area contributed by atoms with Gasteiger partial charge < -0.3 is 5.32 Å². The average molecular weight is 359 g/mol. The SMILES string of the molecule is CCCCCNC(=O)c1nn(-c2ccc(F)cc2F)c2c1C1CCC2C1. The van der Waals surface area contributed by atoms with E-state index < -0.39 is 11.6 Å². The molecule has 2 aliphatic rings. The summed E-state index contributed by atoms with van der Waals surface area (Å²) in [4.78, 5) is 12.7. The van der Waals surface area contributed by atoms with Gasteiger partial charge in [-0.1, -0.05) is 19.8 Å². The van der Waals surface area contributed by atoms with Crippen molar-refractivity contribution in [3.8, 4) is 5.69 Å². The van der Waals surface area contributed by atoms with Gasteiger partial charge in [0.1, 0.15) is 11.5 Å². The van der Waals surface area contributed by atoms with E-state index in [0.29, 0.717) is 24.1 Å². The first-order valence-corrected chi connectivity index (χ1v) is 9.46. The Hall–Kier alpha value is -2.24. The Balaban J connectivity index is 1.71. The van der Waals surface area contributed by atoms with E-state index in [2.05, 4.69) is 17.3 Å². The van der Waals surface area contributed by atoms with E-state index in [4.69, 9.17) is 0 Å². The zero-order valence-electron chi connectivity index (χ0n) is 14.9. The molecule has 1 amide bonds. The molecule has 26 heavy (non-hydrogen) atoms. The Morgan fingerprint density at radius 3 is 2.85 bits per heavy atom. The van der Waals surface area contributed by atoms with E-state index in [9.17, 15) is 13.6 Å². The van der Waals surface area contributed by atoms with Crippen molar-refractivity contribution < 1.29 is 13.6 Å². The van der Waals surface area contributed by atoms with Gasteiger partial charge in [0.15, 0.2) is 11.5 Å². The van der Waals surface area contributed by atoms with Gasteiger partial charge in [0, 0.05) is 24.1 Å². The van der Waals surface area contributed by atoms with Crippen LogP contribution >= 0.6 is 0 Å². The van der Waals surface area contributed by atoms with Gasteiger partial charge in [-0.15, -0.1) is 0 Å². The van der Waals surface area contributed by atoms with Crippen LogP contribution in [0.3, 0.4) is 0 Å². The highest BCUT2D eigenvalue weighted by Crippen LogP contribution is 2.54. The molecular weight excluding hydrogens is 336 g/mol. The summed E-state index contributed by atoms with van der Waals surface area (Å²) < 4.78 is 29.2. The quantitative estimate of drug-likeness (QED) is 0.776. The van der Waals surface area contributed by atoms with Crippen LogP contribution in [0.2, 0.25) is 0 Å². The summed E-state index contributed by atoms with van der Waals surface area (Å²) in [5, 5.41) is 7.42. The largest absolute Gasteiger partial charge is 0.351 e. The van der Waals surface area contributed by atoms with Crippen molar-refractivity contribution in [1.82, 2.24) is 15.1 Å². The minimum absolute atomic E-state index is 0.189. The number of hydrogen-bond acceptors (Lipinski definition) is 2. The molecule has 2 bridgehead atoms. The maximum absolute atomic E-state index is 14.3. The molecule has 4 nitrogen and oxygen atoms in total. The summed E-state index contributed by atoms with van der Waals surface area (Å²) >= 11 is 0. The predicted molar refractivity (Wildman–Crippen MR) is 94.7 cm³/mol. The summed E-state index contributed by atoms with van der Waals surface area (Å²) in [7, 11) is 0. The summed E-state index contributed by atoms with van der Waals surface area (Å²) in [6, 6.07) is 3.48. The lowest BCUT2D eigenvalue weighted by atomic mass is 9.95. The van der Waals surface area contributed by atoms with E-state index >= 15 is 0 Å². The molecule has 1 heterocycles. The number of aromatic nitrogens is 2.